The average Bonchev–Trinajstić information content (AvgIpc) is 2.81. The number of nitrogens with one attached hydrogen (secondary N) is 2. The molecule has 0 saturated heterocycles. The highest BCUT2D eigenvalue weighted by molar-refractivity contribution is 5.97. The van der Waals surface area contributed by atoms with Crippen molar-refractivity contribution in [3.05, 3.63) is 119 Å². The first kappa shape index (κ1) is 20.8. The van der Waals surface area contributed by atoms with E-state index >= 15 is 0 Å². The molecule has 0 unspecified atom stereocenters. The Morgan fingerprint density at radius 3 is 2.10 bits per heavy atom. The third-order valence-electron chi connectivity index (χ3n) is 4.69. The lowest BCUT2D eigenvalue weighted by molar-refractivity contribution is -0.117. The van der Waals surface area contributed by atoms with Gasteiger partial charge in [0.25, 0.3) is 5.91 Å². The predicted octanol–water partition coefficient (Wildman–Crippen LogP) is 3.55. The fourth-order valence-corrected chi connectivity index (χ4v) is 3.15. The third kappa shape index (κ3) is 5.57. The van der Waals surface area contributed by atoms with Gasteiger partial charge in [0.15, 0.2) is 0 Å². The molecular formula is C25H24N4O. The number of amides is 1. The Balaban J connectivity index is 1.73. The average molecular weight is 396 g/mol. The van der Waals surface area contributed by atoms with Crippen LogP contribution >= 0.6 is 0 Å². The fraction of sp³-hybridized carbons (Fsp3) is 0.120. The van der Waals surface area contributed by atoms with E-state index < -0.39 is 5.91 Å². The molecule has 0 aromatic heterocycles. The quantitative estimate of drug-likeness (QED) is 0.401. The number of carbonyl (C=O) groups is 1. The third-order valence-corrected chi connectivity index (χ3v) is 4.69. The Morgan fingerprint density at radius 1 is 0.933 bits per heavy atom. The van der Waals surface area contributed by atoms with E-state index in [2.05, 4.69) is 10.6 Å². The number of nitrogens with zero attached hydrogens (tertiary/aromatic N) is 1. The van der Waals surface area contributed by atoms with E-state index in [0.29, 0.717) is 13.1 Å². The van der Waals surface area contributed by atoms with Crippen LogP contribution in [-0.2, 0) is 17.9 Å². The van der Waals surface area contributed by atoms with Crippen LogP contribution in [0.2, 0.25) is 0 Å². The SMILES string of the molecule is N#C/C(=C/NCc1cccc(CN)c1)C(=O)NC(c1ccccc1)c1ccccc1. The highest BCUT2D eigenvalue weighted by Crippen LogP contribution is 2.22. The fourth-order valence-electron chi connectivity index (χ4n) is 3.15. The lowest BCUT2D eigenvalue weighted by Crippen LogP contribution is -2.30. The zero-order valence-electron chi connectivity index (χ0n) is 16.6. The summed E-state index contributed by atoms with van der Waals surface area (Å²) in [6, 6.07) is 28.9. The number of nitrogens with two attached hydrogens (primary N) is 1. The standard InChI is InChI=1S/C25H24N4O/c26-15-19-8-7-9-20(14-19)17-28-18-23(16-27)25(30)29-24(21-10-3-1-4-11-21)22-12-5-2-6-13-22/h1-14,18,24,28H,15,17,26H2,(H,29,30)/b23-18-. The molecule has 30 heavy (non-hydrogen) atoms. The first-order valence-electron chi connectivity index (χ1n) is 9.73. The van der Waals surface area contributed by atoms with Crippen molar-refractivity contribution in [2.75, 3.05) is 0 Å². The van der Waals surface area contributed by atoms with E-state index in [1.165, 1.54) is 6.20 Å². The molecule has 0 atom stereocenters. The lowest BCUT2D eigenvalue weighted by Gasteiger charge is -2.19. The van der Waals surface area contributed by atoms with E-state index in [-0.39, 0.29) is 11.6 Å². The first-order valence-corrected chi connectivity index (χ1v) is 9.73. The van der Waals surface area contributed by atoms with Crippen LogP contribution in [0.15, 0.2) is 96.7 Å². The van der Waals surface area contributed by atoms with E-state index in [0.717, 1.165) is 22.3 Å². The Morgan fingerprint density at radius 2 is 1.53 bits per heavy atom. The molecule has 5 heteroatoms. The van der Waals surface area contributed by atoms with Crippen molar-refractivity contribution in [2.24, 2.45) is 5.73 Å². The zero-order chi connectivity index (χ0) is 21.2. The van der Waals surface area contributed by atoms with Gasteiger partial charge in [-0.3, -0.25) is 4.79 Å². The molecule has 150 valence electrons. The molecule has 0 aliphatic rings. The van der Waals surface area contributed by atoms with Crippen LogP contribution in [0, 0.1) is 11.3 Å². The first-order chi connectivity index (χ1) is 14.7. The van der Waals surface area contributed by atoms with Crippen LogP contribution in [0.1, 0.15) is 28.3 Å². The zero-order valence-corrected chi connectivity index (χ0v) is 16.6. The second kappa shape index (κ2) is 10.6. The van der Waals surface area contributed by atoms with Gasteiger partial charge in [-0.05, 0) is 22.3 Å². The summed E-state index contributed by atoms with van der Waals surface area (Å²) in [5.41, 5.74) is 9.64. The summed E-state index contributed by atoms with van der Waals surface area (Å²) in [7, 11) is 0. The number of hydrogen-bond acceptors (Lipinski definition) is 4. The number of hydrogen-bond donors (Lipinski definition) is 3. The summed E-state index contributed by atoms with van der Waals surface area (Å²) < 4.78 is 0. The number of nitriles is 1. The van der Waals surface area contributed by atoms with Gasteiger partial charge in [0.2, 0.25) is 0 Å². The van der Waals surface area contributed by atoms with Crippen molar-refractivity contribution in [2.45, 2.75) is 19.1 Å². The van der Waals surface area contributed by atoms with Gasteiger partial charge in [-0.1, -0.05) is 84.9 Å². The molecule has 0 saturated carbocycles. The van der Waals surface area contributed by atoms with Crippen molar-refractivity contribution < 1.29 is 4.79 Å². The van der Waals surface area contributed by atoms with Crippen molar-refractivity contribution in [1.29, 1.82) is 5.26 Å². The van der Waals surface area contributed by atoms with E-state index in [9.17, 15) is 10.1 Å². The molecular weight excluding hydrogens is 372 g/mol. The lowest BCUT2D eigenvalue weighted by atomic mass is 9.98. The van der Waals surface area contributed by atoms with Crippen LogP contribution in [0.4, 0.5) is 0 Å². The Kier molecular flexibility index (Phi) is 7.37. The molecule has 0 aliphatic carbocycles. The van der Waals surface area contributed by atoms with Crippen LogP contribution in [0.5, 0.6) is 0 Å². The number of benzene rings is 3. The molecule has 4 N–H and O–H groups in total. The summed E-state index contributed by atoms with van der Waals surface area (Å²) in [6.07, 6.45) is 1.46. The van der Waals surface area contributed by atoms with E-state index in [1.807, 2.05) is 91.0 Å². The van der Waals surface area contributed by atoms with Crippen molar-refractivity contribution in [3.8, 4) is 6.07 Å². The molecule has 0 spiro atoms. The summed E-state index contributed by atoms with van der Waals surface area (Å²) in [5.74, 6) is -0.432. The van der Waals surface area contributed by atoms with Crippen molar-refractivity contribution >= 4 is 5.91 Å². The van der Waals surface area contributed by atoms with Crippen LogP contribution < -0.4 is 16.4 Å². The molecule has 0 radical (unpaired) electrons. The van der Waals surface area contributed by atoms with Gasteiger partial charge in [0, 0.05) is 19.3 Å². The summed E-state index contributed by atoms with van der Waals surface area (Å²) >= 11 is 0. The molecule has 0 heterocycles. The molecule has 3 aromatic carbocycles. The van der Waals surface area contributed by atoms with Crippen molar-refractivity contribution in [1.82, 2.24) is 10.6 Å². The second-order valence-corrected chi connectivity index (χ2v) is 6.80. The maximum atomic E-state index is 12.8. The van der Waals surface area contributed by atoms with Crippen LogP contribution in [0.3, 0.4) is 0 Å². The van der Waals surface area contributed by atoms with Gasteiger partial charge in [0.1, 0.15) is 11.6 Å². The van der Waals surface area contributed by atoms with E-state index in [4.69, 9.17) is 5.73 Å². The smallest absolute Gasteiger partial charge is 0.264 e. The van der Waals surface area contributed by atoms with Crippen molar-refractivity contribution in [3.63, 3.8) is 0 Å². The minimum atomic E-state index is -0.432. The topological polar surface area (TPSA) is 90.9 Å². The summed E-state index contributed by atoms with van der Waals surface area (Å²) in [4.78, 5) is 12.8. The highest BCUT2D eigenvalue weighted by Gasteiger charge is 2.19. The van der Waals surface area contributed by atoms with Gasteiger partial charge in [0.05, 0.1) is 6.04 Å². The van der Waals surface area contributed by atoms with Gasteiger partial charge in [-0.25, -0.2) is 0 Å². The van der Waals surface area contributed by atoms with Gasteiger partial charge < -0.3 is 16.4 Å². The van der Waals surface area contributed by atoms with Crippen LogP contribution in [-0.4, -0.2) is 5.91 Å². The van der Waals surface area contributed by atoms with E-state index in [1.54, 1.807) is 0 Å². The molecule has 1 amide bonds. The molecule has 0 bridgehead atoms. The minimum Gasteiger partial charge on any atom is -0.386 e. The summed E-state index contributed by atoms with van der Waals surface area (Å²) in [5, 5.41) is 15.5. The van der Waals surface area contributed by atoms with Gasteiger partial charge in [-0.15, -0.1) is 0 Å². The monoisotopic (exact) mass is 396 g/mol. The Bertz CT molecular complexity index is 1000. The maximum absolute atomic E-state index is 12.8. The van der Waals surface area contributed by atoms with Crippen LogP contribution in [0.25, 0.3) is 0 Å². The summed E-state index contributed by atoms with van der Waals surface area (Å²) in [6.45, 7) is 0.961. The molecule has 0 fully saturated rings. The molecule has 3 rings (SSSR count). The maximum Gasteiger partial charge on any atom is 0.264 e. The number of carbonyl (C=O) groups excluding carboxylic acids is 1. The number of rotatable bonds is 8. The minimum absolute atomic E-state index is 0.0156. The Hall–Kier alpha value is -3.88. The highest BCUT2D eigenvalue weighted by atomic mass is 16.1. The normalized spacial score (nSPS) is 11.0. The van der Waals surface area contributed by atoms with Gasteiger partial charge >= 0.3 is 0 Å². The Labute approximate surface area is 176 Å². The largest absolute Gasteiger partial charge is 0.386 e. The molecule has 3 aromatic rings. The van der Waals surface area contributed by atoms with Gasteiger partial charge in [-0.2, -0.15) is 5.26 Å². The second-order valence-electron chi connectivity index (χ2n) is 6.80. The molecule has 0 aliphatic heterocycles. The predicted molar refractivity (Wildman–Crippen MR) is 118 cm³/mol. The molecule has 5 nitrogen and oxygen atoms in total.